The fraction of sp³-hybridized carbons (Fsp3) is 0.429. The van der Waals surface area contributed by atoms with Crippen molar-refractivity contribution in [2.24, 2.45) is 5.92 Å². The number of amides is 1. The molecule has 1 aromatic rings. The molecule has 0 heterocycles. The molecule has 5 nitrogen and oxygen atoms in total. The number of hydrogen-bond donors (Lipinski definition) is 1. The molecule has 0 aliphatic heterocycles. The van der Waals surface area contributed by atoms with Gasteiger partial charge in [-0.15, -0.1) is 0 Å². The Bertz CT molecular complexity index is 502. The van der Waals surface area contributed by atoms with Gasteiger partial charge < -0.3 is 14.8 Å². The SMILES string of the molecule is COC(=O)C(NC(=O)c1ccc(OC)cc1F)C(C)C. The summed E-state index contributed by atoms with van der Waals surface area (Å²) in [4.78, 5) is 23.6. The van der Waals surface area contributed by atoms with E-state index in [4.69, 9.17) is 4.74 Å². The standard InChI is InChI=1S/C14H18FNO4/c1-8(2)12(14(18)20-4)16-13(17)10-6-5-9(19-3)7-11(10)15/h5-8,12H,1-4H3,(H,16,17). The summed E-state index contributed by atoms with van der Waals surface area (Å²) in [6, 6.07) is 3.06. The van der Waals surface area contributed by atoms with Crippen LogP contribution < -0.4 is 10.1 Å². The first-order chi connectivity index (χ1) is 9.40. The Morgan fingerprint density at radius 2 is 1.90 bits per heavy atom. The van der Waals surface area contributed by atoms with E-state index < -0.39 is 23.7 Å². The third-order valence-corrected chi connectivity index (χ3v) is 2.83. The number of benzene rings is 1. The van der Waals surface area contributed by atoms with Gasteiger partial charge in [-0.2, -0.15) is 0 Å². The molecule has 1 rings (SSSR count). The van der Waals surface area contributed by atoms with Crippen molar-refractivity contribution in [3.8, 4) is 5.75 Å². The zero-order valence-electron chi connectivity index (χ0n) is 11.9. The highest BCUT2D eigenvalue weighted by atomic mass is 19.1. The fourth-order valence-electron chi connectivity index (χ4n) is 1.65. The van der Waals surface area contributed by atoms with Crippen molar-refractivity contribution in [1.29, 1.82) is 0 Å². The van der Waals surface area contributed by atoms with Crippen LogP contribution in [0.5, 0.6) is 5.75 Å². The van der Waals surface area contributed by atoms with Crippen molar-refractivity contribution in [2.75, 3.05) is 14.2 Å². The van der Waals surface area contributed by atoms with E-state index in [-0.39, 0.29) is 11.5 Å². The number of methoxy groups -OCH3 is 2. The maximum absolute atomic E-state index is 13.8. The molecular weight excluding hydrogens is 265 g/mol. The molecule has 0 aromatic heterocycles. The van der Waals surface area contributed by atoms with Gasteiger partial charge in [-0.3, -0.25) is 4.79 Å². The highest BCUT2D eigenvalue weighted by molar-refractivity contribution is 5.97. The minimum Gasteiger partial charge on any atom is -0.497 e. The smallest absolute Gasteiger partial charge is 0.328 e. The molecule has 0 bridgehead atoms. The molecule has 0 saturated carbocycles. The van der Waals surface area contributed by atoms with Crippen LogP contribution in [0.25, 0.3) is 0 Å². The molecule has 6 heteroatoms. The molecule has 0 radical (unpaired) electrons. The molecule has 110 valence electrons. The van der Waals surface area contributed by atoms with Gasteiger partial charge in [0.2, 0.25) is 0 Å². The number of halogens is 1. The largest absolute Gasteiger partial charge is 0.497 e. The van der Waals surface area contributed by atoms with E-state index in [0.717, 1.165) is 6.07 Å². The van der Waals surface area contributed by atoms with Crippen LogP contribution in [-0.4, -0.2) is 32.1 Å². The number of carbonyl (C=O) groups is 2. The number of rotatable bonds is 5. The second-order valence-electron chi connectivity index (χ2n) is 4.56. The van der Waals surface area contributed by atoms with Crippen molar-refractivity contribution in [1.82, 2.24) is 5.32 Å². The summed E-state index contributed by atoms with van der Waals surface area (Å²) in [5, 5.41) is 2.47. The third-order valence-electron chi connectivity index (χ3n) is 2.83. The molecule has 0 spiro atoms. The van der Waals surface area contributed by atoms with Gasteiger partial charge in [-0.05, 0) is 18.1 Å². The molecule has 1 amide bonds. The predicted molar refractivity (Wildman–Crippen MR) is 71.1 cm³/mol. The van der Waals surface area contributed by atoms with Crippen LogP contribution >= 0.6 is 0 Å². The van der Waals surface area contributed by atoms with E-state index in [1.165, 1.54) is 26.4 Å². The van der Waals surface area contributed by atoms with Crippen molar-refractivity contribution in [3.63, 3.8) is 0 Å². The maximum Gasteiger partial charge on any atom is 0.328 e. The summed E-state index contributed by atoms with van der Waals surface area (Å²) in [6.07, 6.45) is 0. The van der Waals surface area contributed by atoms with Crippen molar-refractivity contribution in [3.05, 3.63) is 29.6 Å². The summed E-state index contributed by atoms with van der Waals surface area (Å²) >= 11 is 0. The van der Waals surface area contributed by atoms with Crippen LogP contribution in [0.15, 0.2) is 18.2 Å². The van der Waals surface area contributed by atoms with Crippen LogP contribution in [0.2, 0.25) is 0 Å². The monoisotopic (exact) mass is 283 g/mol. The Morgan fingerprint density at radius 1 is 1.25 bits per heavy atom. The van der Waals surface area contributed by atoms with Gasteiger partial charge in [0.1, 0.15) is 17.6 Å². The average Bonchev–Trinajstić information content (AvgIpc) is 2.43. The molecule has 1 N–H and O–H groups in total. The molecule has 0 aliphatic carbocycles. The molecule has 1 aromatic carbocycles. The van der Waals surface area contributed by atoms with Crippen molar-refractivity contribution in [2.45, 2.75) is 19.9 Å². The Kier molecular flexibility index (Phi) is 5.49. The normalized spacial score (nSPS) is 11.9. The summed E-state index contributed by atoms with van der Waals surface area (Å²) < 4.78 is 23.2. The molecule has 1 unspecified atom stereocenters. The average molecular weight is 283 g/mol. The molecule has 0 saturated heterocycles. The van der Waals surface area contributed by atoms with E-state index >= 15 is 0 Å². The minimum absolute atomic E-state index is 0.152. The lowest BCUT2D eigenvalue weighted by atomic mass is 10.0. The Hall–Kier alpha value is -2.11. The van der Waals surface area contributed by atoms with Crippen LogP contribution in [0.4, 0.5) is 4.39 Å². The van der Waals surface area contributed by atoms with E-state index in [2.05, 4.69) is 10.1 Å². The molecular formula is C14H18FNO4. The Labute approximate surface area is 117 Å². The minimum atomic E-state index is -0.825. The highest BCUT2D eigenvalue weighted by Gasteiger charge is 2.26. The van der Waals surface area contributed by atoms with Gasteiger partial charge >= 0.3 is 5.97 Å². The fourth-order valence-corrected chi connectivity index (χ4v) is 1.65. The first kappa shape index (κ1) is 15.9. The number of esters is 1. The third kappa shape index (κ3) is 3.69. The van der Waals surface area contributed by atoms with Gasteiger partial charge in [-0.25, -0.2) is 9.18 Å². The molecule has 0 aliphatic rings. The van der Waals surface area contributed by atoms with Crippen LogP contribution in [-0.2, 0) is 9.53 Å². The van der Waals surface area contributed by atoms with Crippen molar-refractivity contribution < 1.29 is 23.5 Å². The number of nitrogens with one attached hydrogen (secondary N) is 1. The van der Waals surface area contributed by atoms with Gasteiger partial charge in [0.15, 0.2) is 0 Å². The van der Waals surface area contributed by atoms with Gasteiger partial charge in [0.05, 0.1) is 19.8 Å². The number of ether oxygens (including phenoxy) is 2. The lowest BCUT2D eigenvalue weighted by molar-refractivity contribution is -0.144. The zero-order valence-corrected chi connectivity index (χ0v) is 11.9. The maximum atomic E-state index is 13.8. The summed E-state index contributed by atoms with van der Waals surface area (Å²) in [6.45, 7) is 3.51. The molecule has 0 fully saturated rings. The summed E-state index contributed by atoms with van der Waals surface area (Å²) in [5.41, 5.74) is -0.152. The number of carbonyl (C=O) groups excluding carboxylic acids is 2. The zero-order chi connectivity index (χ0) is 15.3. The van der Waals surface area contributed by atoms with E-state index in [9.17, 15) is 14.0 Å². The molecule has 20 heavy (non-hydrogen) atoms. The Morgan fingerprint density at radius 3 is 2.35 bits per heavy atom. The van der Waals surface area contributed by atoms with Gasteiger partial charge in [0.25, 0.3) is 5.91 Å². The second kappa shape index (κ2) is 6.88. The van der Waals surface area contributed by atoms with Crippen LogP contribution in [0.3, 0.4) is 0 Å². The summed E-state index contributed by atoms with van der Waals surface area (Å²) in [5.74, 6) is -1.81. The molecule has 1 atom stereocenters. The second-order valence-corrected chi connectivity index (χ2v) is 4.56. The van der Waals surface area contributed by atoms with Crippen LogP contribution in [0, 0.1) is 11.7 Å². The van der Waals surface area contributed by atoms with Gasteiger partial charge in [0, 0.05) is 6.07 Å². The lowest BCUT2D eigenvalue weighted by Crippen LogP contribution is -2.45. The quantitative estimate of drug-likeness (QED) is 0.836. The number of hydrogen-bond acceptors (Lipinski definition) is 4. The first-order valence-corrected chi connectivity index (χ1v) is 6.13. The topological polar surface area (TPSA) is 64.6 Å². The first-order valence-electron chi connectivity index (χ1n) is 6.13. The Balaban J connectivity index is 2.92. The lowest BCUT2D eigenvalue weighted by Gasteiger charge is -2.20. The van der Waals surface area contributed by atoms with E-state index in [0.29, 0.717) is 5.75 Å². The van der Waals surface area contributed by atoms with Crippen molar-refractivity contribution >= 4 is 11.9 Å². The van der Waals surface area contributed by atoms with E-state index in [1.54, 1.807) is 13.8 Å². The predicted octanol–water partition coefficient (Wildman–Crippen LogP) is 1.76. The van der Waals surface area contributed by atoms with Gasteiger partial charge in [-0.1, -0.05) is 13.8 Å². The highest BCUT2D eigenvalue weighted by Crippen LogP contribution is 2.16. The van der Waals surface area contributed by atoms with E-state index in [1.807, 2.05) is 0 Å². The summed E-state index contributed by atoms with van der Waals surface area (Å²) in [7, 11) is 2.64. The van der Waals surface area contributed by atoms with Crippen LogP contribution in [0.1, 0.15) is 24.2 Å².